The molecule has 0 heterocycles. The average molecular weight is 141 g/mol. The Kier molecular flexibility index (Phi) is 2.72. The molecule has 60 valence electrons. The van der Waals surface area contributed by atoms with Crippen LogP contribution in [0, 0.1) is 11.8 Å². The second-order valence-corrected chi connectivity index (χ2v) is 3.98. The summed E-state index contributed by atoms with van der Waals surface area (Å²) >= 11 is 0. The highest BCUT2D eigenvalue weighted by atomic mass is 14.7. The molecule has 1 aliphatic rings. The molecule has 0 saturated heterocycles. The Morgan fingerprint density at radius 1 is 1.40 bits per heavy atom. The third kappa shape index (κ3) is 1.98. The van der Waals surface area contributed by atoms with Crippen molar-refractivity contribution in [2.45, 2.75) is 45.6 Å². The van der Waals surface area contributed by atoms with Gasteiger partial charge in [0.05, 0.1) is 0 Å². The summed E-state index contributed by atoms with van der Waals surface area (Å²) in [5.74, 6) is 1.66. The molecule has 0 aromatic rings. The molecule has 2 atom stereocenters. The maximum absolute atomic E-state index is 5.93. The quantitative estimate of drug-likeness (QED) is 0.626. The zero-order chi connectivity index (χ0) is 7.56. The molecule has 0 aliphatic heterocycles. The van der Waals surface area contributed by atoms with Crippen LogP contribution in [0.2, 0.25) is 0 Å². The van der Waals surface area contributed by atoms with Gasteiger partial charge in [0.25, 0.3) is 0 Å². The minimum Gasteiger partial charge on any atom is -0.327 e. The van der Waals surface area contributed by atoms with E-state index < -0.39 is 0 Å². The van der Waals surface area contributed by atoms with Gasteiger partial charge in [-0.3, -0.25) is 0 Å². The average Bonchev–Trinajstić information content (AvgIpc) is 2.15. The van der Waals surface area contributed by atoms with Crippen molar-refractivity contribution in [3.05, 3.63) is 0 Å². The highest BCUT2D eigenvalue weighted by Crippen LogP contribution is 2.29. The molecule has 1 aliphatic carbocycles. The summed E-state index contributed by atoms with van der Waals surface area (Å²) in [6.07, 6.45) is 5.33. The van der Waals surface area contributed by atoms with E-state index in [9.17, 15) is 0 Å². The van der Waals surface area contributed by atoms with E-state index in [2.05, 4.69) is 13.8 Å². The lowest BCUT2D eigenvalue weighted by molar-refractivity contribution is 0.383. The zero-order valence-electron chi connectivity index (χ0n) is 7.14. The predicted molar refractivity (Wildman–Crippen MR) is 44.8 cm³/mol. The van der Waals surface area contributed by atoms with Gasteiger partial charge in [0.15, 0.2) is 0 Å². The van der Waals surface area contributed by atoms with Crippen LogP contribution in [0.15, 0.2) is 0 Å². The van der Waals surface area contributed by atoms with Crippen LogP contribution >= 0.6 is 0 Å². The van der Waals surface area contributed by atoms with Crippen LogP contribution in [0.5, 0.6) is 0 Å². The first-order valence-electron chi connectivity index (χ1n) is 4.45. The van der Waals surface area contributed by atoms with Gasteiger partial charge in [0.1, 0.15) is 0 Å². The Morgan fingerprint density at radius 2 is 2.10 bits per heavy atom. The Bertz CT molecular complexity index is 98.9. The molecule has 0 aromatic heterocycles. The summed E-state index contributed by atoms with van der Waals surface area (Å²) in [5, 5.41) is 0. The van der Waals surface area contributed by atoms with Gasteiger partial charge in [-0.1, -0.05) is 20.3 Å². The first-order chi connectivity index (χ1) is 4.70. The van der Waals surface area contributed by atoms with E-state index in [1.807, 2.05) is 0 Å². The van der Waals surface area contributed by atoms with Gasteiger partial charge in [-0.2, -0.15) is 0 Å². The molecule has 0 bridgehead atoms. The van der Waals surface area contributed by atoms with Crippen LogP contribution < -0.4 is 5.73 Å². The van der Waals surface area contributed by atoms with Gasteiger partial charge in [0.2, 0.25) is 0 Å². The predicted octanol–water partition coefficient (Wildman–Crippen LogP) is 2.16. The van der Waals surface area contributed by atoms with Crippen molar-refractivity contribution in [3.8, 4) is 0 Å². The van der Waals surface area contributed by atoms with Crippen molar-refractivity contribution in [2.75, 3.05) is 0 Å². The van der Waals surface area contributed by atoms with Gasteiger partial charge in [-0.15, -0.1) is 0 Å². The SMILES string of the molecule is CC(C)C[C@H]1CCC[C@H]1N. The van der Waals surface area contributed by atoms with E-state index in [1.54, 1.807) is 0 Å². The fraction of sp³-hybridized carbons (Fsp3) is 1.00. The Balaban J connectivity index is 2.26. The molecule has 10 heavy (non-hydrogen) atoms. The topological polar surface area (TPSA) is 26.0 Å². The Morgan fingerprint density at radius 3 is 2.50 bits per heavy atom. The Hall–Kier alpha value is -0.0400. The summed E-state index contributed by atoms with van der Waals surface area (Å²) in [5.41, 5.74) is 5.93. The monoisotopic (exact) mass is 141 g/mol. The minimum absolute atomic E-state index is 0.516. The molecule has 0 radical (unpaired) electrons. The normalized spacial score (nSPS) is 33.6. The van der Waals surface area contributed by atoms with Crippen LogP contribution in [-0.2, 0) is 0 Å². The van der Waals surface area contributed by atoms with Gasteiger partial charge < -0.3 is 5.73 Å². The van der Waals surface area contributed by atoms with Crippen LogP contribution in [0.25, 0.3) is 0 Å². The summed E-state index contributed by atoms with van der Waals surface area (Å²) in [7, 11) is 0. The van der Waals surface area contributed by atoms with Crippen LogP contribution in [-0.4, -0.2) is 6.04 Å². The smallest absolute Gasteiger partial charge is 0.00672 e. The van der Waals surface area contributed by atoms with Gasteiger partial charge >= 0.3 is 0 Å². The van der Waals surface area contributed by atoms with Crippen molar-refractivity contribution in [1.29, 1.82) is 0 Å². The molecule has 1 rings (SSSR count). The highest BCUT2D eigenvalue weighted by molar-refractivity contribution is 4.80. The fourth-order valence-electron chi connectivity index (χ4n) is 1.96. The van der Waals surface area contributed by atoms with E-state index in [1.165, 1.54) is 25.7 Å². The van der Waals surface area contributed by atoms with E-state index in [0.29, 0.717) is 6.04 Å². The number of hydrogen-bond donors (Lipinski definition) is 1. The molecule has 0 amide bonds. The summed E-state index contributed by atoms with van der Waals surface area (Å²) in [6, 6.07) is 0.516. The second kappa shape index (κ2) is 3.38. The molecule has 0 spiro atoms. The standard InChI is InChI=1S/C9H19N/c1-7(2)6-8-4-3-5-9(8)10/h7-9H,3-6,10H2,1-2H3/t8-,9-/m1/s1. The summed E-state index contributed by atoms with van der Waals surface area (Å²) in [6.45, 7) is 4.57. The minimum atomic E-state index is 0.516. The molecule has 0 aromatic carbocycles. The fourth-order valence-corrected chi connectivity index (χ4v) is 1.96. The van der Waals surface area contributed by atoms with Crippen molar-refractivity contribution in [1.82, 2.24) is 0 Å². The lowest BCUT2D eigenvalue weighted by Crippen LogP contribution is -2.25. The molecule has 1 fully saturated rings. The van der Waals surface area contributed by atoms with Gasteiger partial charge in [-0.25, -0.2) is 0 Å². The molecule has 2 N–H and O–H groups in total. The van der Waals surface area contributed by atoms with E-state index in [-0.39, 0.29) is 0 Å². The third-order valence-electron chi connectivity index (χ3n) is 2.49. The molecule has 1 nitrogen and oxygen atoms in total. The zero-order valence-corrected chi connectivity index (χ0v) is 7.14. The Labute approximate surface area is 64.0 Å². The maximum atomic E-state index is 5.93. The number of nitrogens with two attached hydrogens (primary N) is 1. The molecule has 1 heteroatoms. The van der Waals surface area contributed by atoms with Crippen molar-refractivity contribution in [3.63, 3.8) is 0 Å². The van der Waals surface area contributed by atoms with Crippen molar-refractivity contribution in [2.24, 2.45) is 17.6 Å². The van der Waals surface area contributed by atoms with Crippen LogP contribution in [0.1, 0.15) is 39.5 Å². The third-order valence-corrected chi connectivity index (χ3v) is 2.49. The lowest BCUT2D eigenvalue weighted by atomic mass is 9.93. The summed E-state index contributed by atoms with van der Waals surface area (Å²) in [4.78, 5) is 0. The van der Waals surface area contributed by atoms with E-state index in [0.717, 1.165) is 11.8 Å². The molecular weight excluding hydrogens is 122 g/mol. The first-order valence-corrected chi connectivity index (χ1v) is 4.45. The van der Waals surface area contributed by atoms with Crippen LogP contribution in [0.4, 0.5) is 0 Å². The molecule has 0 unspecified atom stereocenters. The molecular formula is C9H19N. The first kappa shape index (κ1) is 8.06. The van der Waals surface area contributed by atoms with Crippen molar-refractivity contribution < 1.29 is 0 Å². The van der Waals surface area contributed by atoms with Gasteiger partial charge in [0, 0.05) is 6.04 Å². The van der Waals surface area contributed by atoms with E-state index in [4.69, 9.17) is 5.73 Å². The number of hydrogen-bond acceptors (Lipinski definition) is 1. The van der Waals surface area contributed by atoms with Crippen molar-refractivity contribution >= 4 is 0 Å². The summed E-state index contributed by atoms with van der Waals surface area (Å²) < 4.78 is 0. The van der Waals surface area contributed by atoms with E-state index >= 15 is 0 Å². The van der Waals surface area contributed by atoms with Crippen LogP contribution in [0.3, 0.4) is 0 Å². The second-order valence-electron chi connectivity index (χ2n) is 3.98. The lowest BCUT2D eigenvalue weighted by Gasteiger charge is -2.16. The largest absolute Gasteiger partial charge is 0.327 e. The number of rotatable bonds is 2. The highest BCUT2D eigenvalue weighted by Gasteiger charge is 2.23. The molecule has 1 saturated carbocycles. The maximum Gasteiger partial charge on any atom is 0.00672 e. The van der Waals surface area contributed by atoms with Gasteiger partial charge in [-0.05, 0) is 31.1 Å².